The van der Waals surface area contributed by atoms with Crippen LogP contribution in [0.3, 0.4) is 0 Å². The standard InChI is InChI=1S/C16H24N2O4S/c1-2-13(12-23(20,21)15-8-4-3-5-9-15)18-16(19)17-11-14-7-6-10-22-14/h3-5,8-9,13-14H,2,6-7,10-12H2,1H3,(H2,17,18,19). The number of rotatable bonds is 7. The Balaban J connectivity index is 1.85. The van der Waals surface area contributed by atoms with E-state index in [9.17, 15) is 13.2 Å². The molecule has 2 rings (SSSR count). The van der Waals surface area contributed by atoms with Crippen LogP contribution in [0, 0.1) is 0 Å². The van der Waals surface area contributed by atoms with Crippen molar-refractivity contribution in [2.75, 3.05) is 18.9 Å². The first-order valence-electron chi connectivity index (χ1n) is 7.95. The molecule has 1 aromatic carbocycles. The molecule has 0 spiro atoms. The Morgan fingerprint density at radius 1 is 1.35 bits per heavy atom. The van der Waals surface area contributed by atoms with Crippen LogP contribution in [0.5, 0.6) is 0 Å². The number of benzene rings is 1. The fourth-order valence-corrected chi connectivity index (χ4v) is 4.11. The molecule has 128 valence electrons. The Labute approximate surface area is 137 Å². The van der Waals surface area contributed by atoms with Crippen molar-refractivity contribution in [3.63, 3.8) is 0 Å². The molecule has 1 aromatic rings. The van der Waals surface area contributed by atoms with Gasteiger partial charge in [-0.3, -0.25) is 0 Å². The van der Waals surface area contributed by atoms with E-state index in [-0.39, 0.29) is 22.8 Å². The monoisotopic (exact) mass is 340 g/mol. The largest absolute Gasteiger partial charge is 0.376 e. The third kappa shape index (κ3) is 5.51. The molecule has 23 heavy (non-hydrogen) atoms. The first-order valence-corrected chi connectivity index (χ1v) is 9.60. The van der Waals surface area contributed by atoms with Crippen LogP contribution in [0.4, 0.5) is 4.79 Å². The Kier molecular flexibility index (Phi) is 6.41. The summed E-state index contributed by atoms with van der Waals surface area (Å²) in [5.74, 6) is -0.110. The van der Waals surface area contributed by atoms with Gasteiger partial charge < -0.3 is 15.4 Å². The van der Waals surface area contributed by atoms with Crippen LogP contribution >= 0.6 is 0 Å². The molecule has 0 bridgehead atoms. The number of amides is 2. The van der Waals surface area contributed by atoms with E-state index >= 15 is 0 Å². The van der Waals surface area contributed by atoms with Crippen molar-refractivity contribution in [2.45, 2.75) is 43.2 Å². The van der Waals surface area contributed by atoms with Crippen molar-refractivity contribution in [3.05, 3.63) is 30.3 Å². The van der Waals surface area contributed by atoms with E-state index in [0.717, 1.165) is 19.4 Å². The van der Waals surface area contributed by atoms with Crippen LogP contribution in [0.15, 0.2) is 35.2 Å². The molecule has 0 saturated carbocycles. The quantitative estimate of drug-likeness (QED) is 0.791. The van der Waals surface area contributed by atoms with Crippen LogP contribution in [-0.4, -0.2) is 45.5 Å². The minimum Gasteiger partial charge on any atom is -0.376 e. The summed E-state index contributed by atoms with van der Waals surface area (Å²) in [6.07, 6.45) is 2.56. The molecule has 0 aromatic heterocycles. The summed E-state index contributed by atoms with van der Waals surface area (Å²) in [6, 6.07) is 7.51. The molecule has 1 aliphatic rings. The summed E-state index contributed by atoms with van der Waals surface area (Å²) in [7, 11) is -3.42. The number of sulfone groups is 1. The summed E-state index contributed by atoms with van der Waals surface area (Å²) in [6.45, 7) is 3.04. The lowest BCUT2D eigenvalue weighted by atomic mass is 10.2. The molecule has 1 aliphatic heterocycles. The Bertz CT molecular complexity index is 598. The molecular formula is C16H24N2O4S. The Hall–Kier alpha value is -1.60. The number of nitrogens with one attached hydrogen (secondary N) is 2. The average molecular weight is 340 g/mol. The van der Waals surface area contributed by atoms with Crippen LogP contribution in [0.2, 0.25) is 0 Å². The Morgan fingerprint density at radius 2 is 2.09 bits per heavy atom. The molecule has 0 aliphatic carbocycles. The fourth-order valence-electron chi connectivity index (χ4n) is 2.50. The second-order valence-electron chi connectivity index (χ2n) is 5.69. The molecule has 2 N–H and O–H groups in total. The van der Waals surface area contributed by atoms with Gasteiger partial charge in [0.2, 0.25) is 0 Å². The van der Waals surface area contributed by atoms with Crippen molar-refractivity contribution in [1.82, 2.24) is 10.6 Å². The molecule has 7 heteroatoms. The van der Waals surface area contributed by atoms with Crippen LogP contribution in [-0.2, 0) is 14.6 Å². The second-order valence-corrected chi connectivity index (χ2v) is 7.72. The Morgan fingerprint density at radius 3 is 2.70 bits per heavy atom. The highest BCUT2D eigenvalue weighted by Gasteiger charge is 2.22. The van der Waals surface area contributed by atoms with Gasteiger partial charge >= 0.3 is 6.03 Å². The maximum atomic E-state index is 12.4. The molecule has 2 atom stereocenters. The van der Waals surface area contributed by atoms with Gasteiger partial charge in [0.1, 0.15) is 0 Å². The van der Waals surface area contributed by atoms with Crippen molar-refractivity contribution in [2.24, 2.45) is 0 Å². The van der Waals surface area contributed by atoms with E-state index in [0.29, 0.717) is 13.0 Å². The molecule has 1 heterocycles. The lowest BCUT2D eigenvalue weighted by Crippen LogP contribution is -2.46. The number of carbonyl (C=O) groups is 1. The predicted molar refractivity (Wildman–Crippen MR) is 88.1 cm³/mol. The summed E-state index contributed by atoms with van der Waals surface area (Å²) in [5, 5.41) is 5.48. The molecule has 2 amide bonds. The number of hydrogen-bond donors (Lipinski definition) is 2. The summed E-state index contributed by atoms with van der Waals surface area (Å²) in [5.41, 5.74) is 0. The topological polar surface area (TPSA) is 84.5 Å². The van der Waals surface area contributed by atoms with Gasteiger partial charge in [0.25, 0.3) is 0 Å². The molecule has 2 unspecified atom stereocenters. The summed E-state index contributed by atoms with van der Waals surface area (Å²) >= 11 is 0. The first-order chi connectivity index (χ1) is 11.0. The number of carbonyl (C=O) groups excluding carboxylic acids is 1. The van der Waals surface area contributed by atoms with E-state index in [2.05, 4.69) is 10.6 Å². The lowest BCUT2D eigenvalue weighted by molar-refractivity contribution is 0.111. The van der Waals surface area contributed by atoms with Crippen molar-refractivity contribution in [3.8, 4) is 0 Å². The van der Waals surface area contributed by atoms with Gasteiger partial charge in [0.15, 0.2) is 9.84 Å². The van der Waals surface area contributed by atoms with E-state index < -0.39 is 15.9 Å². The van der Waals surface area contributed by atoms with E-state index in [1.54, 1.807) is 30.3 Å². The second kappa shape index (κ2) is 8.31. The van der Waals surface area contributed by atoms with Gasteiger partial charge in [-0.2, -0.15) is 0 Å². The lowest BCUT2D eigenvalue weighted by Gasteiger charge is -2.18. The first kappa shape index (κ1) is 17.7. The zero-order valence-electron chi connectivity index (χ0n) is 13.3. The van der Waals surface area contributed by atoms with E-state index in [1.807, 2.05) is 6.92 Å². The van der Waals surface area contributed by atoms with Crippen LogP contribution in [0.1, 0.15) is 26.2 Å². The summed E-state index contributed by atoms with van der Waals surface area (Å²) < 4.78 is 30.2. The minimum atomic E-state index is -3.42. The highest BCUT2D eigenvalue weighted by molar-refractivity contribution is 7.91. The maximum absolute atomic E-state index is 12.4. The third-order valence-corrected chi connectivity index (χ3v) is 5.70. The van der Waals surface area contributed by atoms with Crippen molar-refractivity contribution in [1.29, 1.82) is 0 Å². The predicted octanol–water partition coefficient (Wildman–Crippen LogP) is 1.72. The zero-order chi connectivity index (χ0) is 16.7. The van der Waals surface area contributed by atoms with Gasteiger partial charge in [-0.25, -0.2) is 13.2 Å². The number of urea groups is 1. The van der Waals surface area contributed by atoms with Gasteiger partial charge in [-0.15, -0.1) is 0 Å². The maximum Gasteiger partial charge on any atom is 0.315 e. The van der Waals surface area contributed by atoms with Gasteiger partial charge in [0, 0.05) is 19.2 Å². The van der Waals surface area contributed by atoms with E-state index in [4.69, 9.17) is 4.74 Å². The van der Waals surface area contributed by atoms with Crippen LogP contribution in [0.25, 0.3) is 0 Å². The molecule has 0 radical (unpaired) electrons. The van der Waals surface area contributed by atoms with Gasteiger partial charge in [0.05, 0.1) is 16.8 Å². The van der Waals surface area contributed by atoms with Crippen LogP contribution < -0.4 is 10.6 Å². The molecular weight excluding hydrogens is 316 g/mol. The van der Waals surface area contributed by atoms with Gasteiger partial charge in [-0.05, 0) is 31.4 Å². The van der Waals surface area contributed by atoms with Gasteiger partial charge in [-0.1, -0.05) is 25.1 Å². The molecule has 1 fully saturated rings. The molecule has 6 nitrogen and oxygen atoms in total. The smallest absolute Gasteiger partial charge is 0.315 e. The third-order valence-electron chi connectivity index (χ3n) is 3.87. The summed E-state index contributed by atoms with van der Waals surface area (Å²) in [4.78, 5) is 12.2. The fraction of sp³-hybridized carbons (Fsp3) is 0.562. The highest BCUT2D eigenvalue weighted by atomic mass is 32.2. The highest BCUT2D eigenvalue weighted by Crippen LogP contribution is 2.13. The SMILES string of the molecule is CCC(CS(=O)(=O)c1ccccc1)NC(=O)NCC1CCCO1. The van der Waals surface area contributed by atoms with Crippen molar-refractivity contribution >= 4 is 15.9 Å². The number of ether oxygens (including phenoxy) is 1. The van der Waals surface area contributed by atoms with Crippen molar-refractivity contribution < 1.29 is 17.9 Å². The zero-order valence-corrected chi connectivity index (χ0v) is 14.1. The number of hydrogen-bond acceptors (Lipinski definition) is 4. The molecule has 1 saturated heterocycles. The van der Waals surface area contributed by atoms with E-state index in [1.165, 1.54) is 0 Å². The average Bonchev–Trinajstić information content (AvgIpc) is 3.06. The normalized spacial score (nSPS) is 19.3. The minimum absolute atomic E-state index is 0.0638.